The Labute approximate surface area is 124 Å². The molecule has 21 heavy (non-hydrogen) atoms. The van der Waals surface area contributed by atoms with Gasteiger partial charge in [0.15, 0.2) is 11.6 Å². The van der Waals surface area contributed by atoms with Crippen LogP contribution in [0.5, 0.6) is 0 Å². The Hall–Kier alpha value is -1.90. The summed E-state index contributed by atoms with van der Waals surface area (Å²) in [4.78, 5) is 0. The highest BCUT2D eigenvalue weighted by Gasteiger charge is 2.14. The number of nitrogens with one attached hydrogen (secondary N) is 1. The zero-order valence-electron chi connectivity index (χ0n) is 12.1. The molecule has 0 amide bonds. The Bertz CT molecular complexity index is 652. The van der Waals surface area contributed by atoms with Gasteiger partial charge in [0.2, 0.25) is 0 Å². The van der Waals surface area contributed by atoms with Gasteiger partial charge in [-0.2, -0.15) is 0 Å². The molecule has 1 atom stereocenters. The van der Waals surface area contributed by atoms with E-state index in [1.165, 1.54) is 28.9 Å². The van der Waals surface area contributed by atoms with E-state index in [4.69, 9.17) is 0 Å². The van der Waals surface area contributed by atoms with Gasteiger partial charge < -0.3 is 5.32 Å². The van der Waals surface area contributed by atoms with E-state index >= 15 is 0 Å². The monoisotopic (exact) mass is 287 g/mol. The zero-order chi connectivity index (χ0) is 14.8. The number of rotatable bonds is 3. The van der Waals surface area contributed by atoms with Crippen molar-refractivity contribution in [3.05, 3.63) is 64.7 Å². The maximum absolute atomic E-state index is 13.2. The van der Waals surface area contributed by atoms with Gasteiger partial charge in [-0.25, -0.2) is 8.78 Å². The molecule has 2 aromatic rings. The molecule has 0 radical (unpaired) electrons. The van der Waals surface area contributed by atoms with E-state index < -0.39 is 11.6 Å². The van der Waals surface area contributed by atoms with Crippen LogP contribution in [-0.4, -0.2) is 6.04 Å². The molecule has 3 heteroatoms. The van der Waals surface area contributed by atoms with Crippen molar-refractivity contribution in [2.24, 2.45) is 0 Å². The number of hydrogen-bond donors (Lipinski definition) is 1. The van der Waals surface area contributed by atoms with Crippen LogP contribution in [-0.2, 0) is 19.3 Å². The first-order valence-electron chi connectivity index (χ1n) is 7.44. The number of benzene rings is 2. The Morgan fingerprint density at radius 2 is 1.71 bits per heavy atom. The third kappa shape index (κ3) is 3.23. The molecular formula is C18H19F2N. The fourth-order valence-electron chi connectivity index (χ4n) is 2.84. The van der Waals surface area contributed by atoms with E-state index in [1.54, 1.807) is 6.07 Å². The number of anilines is 1. The number of halogens is 2. The van der Waals surface area contributed by atoms with E-state index in [1.807, 2.05) is 0 Å². The Balaban J connectivity index is 1.69. The highest BCUT2D eigenvalue weighted by molar-refractivity contribution is 5.55. The summed E-state index contributed by atoms with van der Waals surface area (Å²) in [6.07, 6.45) is 3.82. The molecule has 0 aromatic heterocycles. The molecule has 0 fully saturated rings. The van der Waals surface area contributed by atoms with Gasteiger partial charge >= 0.3 is 0 Å². The number of hydrogen-bond acceptors (Lipinski definition) is 1. The molecule has 0 spiro atoms. The Kier molecular flexibility index (Phi) is 3.91. The van der Waals surface area contributed by atoms with Gasteiger partial charge in [0.25, 0.3) is 0 Å². The zero-order valence-corrected chi connectivity index (χ0v) is 12.1. The van der Waals surface area contributed by atoms with E-state index in [-0.39, 0.29) is 0 Å². The molecule has 3 rings (SSSR count). The molecular weight excluding hydrogens is 268 g/mol. The SMILES string of the molecule is CC1CCc2cc(CCc3ccc(F)c(F)c3)ccc2N1. The van der Waals surface area contributed by atoms with Gasteiger partial charge in [-0.3, -0.25) is 0 Å². The molecule has 0 saturated heterocycles. The summed E-state index contributed by atoms with van der Waals surface area (Å²) in [5.41, 5.74) is 4.66. The second-order valence-electron chi connectivity index (χ2n) is 5.82. The van der Waals surface area contributed by atoms with E-state index in [9.17, 15) is 8.78 Å². The lowest BCUT2D eigenvalue weighted by Gasteiger charge is -2.24. The average Bonchev–Trinajstić information content (AvgIpc) is 2.48. The molecule has 0 saturated carbocycles. The van der Waals surface area contributed by atoms with Gasteiger partial charge in [0.1, 0.15) is 0 Å². The average molecular weight is 287 g/mol. The van der Waals surface area contributed by atoms with Crippen LogP contribution < -0.4 is 5.32 Å². The van der Waals surface area contributed by atoms with Gasteiger partial charge in [-0.05, 0) is 67.5 Å². The summed E-state index contributed by atoms with van der Waals surface area (Å²) >= 11 is 0. The van der Waals surface area contributed by atoms with Crippen molar-refractivity contribution in [1.82, 2.24) is 0 Å². The molecule has 1 unspecified atom stereocenters. The maximum atomic E-state index is 13.2. The standard InChI is InChI=1S/C18H19F2N/c1-12-2-7-15-10-13(6-9-18(15)21-12)3-4-14-5-8-16(19)17(20)11-14/h5-6,8-12,21H,2-4,7H2,1H3. The summed E-state index contributed by atoms with van der Waals surface area (Å²) in [6, 6.07) is 11.1. The van der Waals surface area contributed by atoms with E-state index in [2.05, 4.69) is 30.4 Å². The van der Waals surface area contributed by atoms with Crippen LogP contribution >= 0.6 is 0 Å². The summed E-state index contributed by atoms with van der Waals surface area (Å²) in [6.45, 7) is 2.19. The molecule has 1 N–H and O–H groups in total. The summed E-state index contributed by atoms with van der Waals surface area (Å²) < 4.78 is 26.1. The predicted octanol–water partition coefficient (Wildman–Crippen LogP) is 4.50. The Morgan fingerprint density at radius 3 is 2.48 bits per heavy atom. The van der Waals surface area contributed by atoms with Crippen LogP contribution in [0.15, 0.2) is 36.4 Å². The fourth-order valence-corrected chi connectivity index (χ4v) is 2.84. The minimum atomic E-state index is -0.785. The van der Waals surface area contributed by atoms with Crippen molar-refractivity contribution in [2.75, 3.05) is 5.32 Å². The highest BCUT2D eigenvalue weighted by atomic mass is 19.2. The van der Waals surface area contributed by atoms with Crippen molar-refractivity contribution >= 4 is 5.69 Å². The van der Waals surface area contributed by atoms with Crippen molar-refractivity contribution in [1.29, 1.82) is 0 Å². The van der Waals surface area contributed by atoms with E-state index in [0.29, 0.717) is 6.04 Å². The maximum Gasteiger partial charge on any atom is 0.159 e. The lowest BCUT2D eigenvalue weighted by atomic mass is 9.95. The minimum absolute atomic E-state index is 0.533. The first-order chi connectivity index (χ1) is 10.1. The van der Waals surface area contributed by atoms with Crippen molar-refractivity contribution in [3.8, 4) is 0 Å². The van der Waals surface area contributed by atoms with Gasteiger partial charge in [0, 0.05) is 11.7 Å². The van der Waals surface area contributed by atoms with Crippen LogP contribution in [0.2, 0.25) is 0 Å². The second kappa shape index (κ2) is 5.84. The quantitative estimate of drug-likeness (QED) is 0.876. The minimum Gasteiger partial charge on any atom is -0.382 e. The van der Waals surface area contributed by atoms with Crippen molar-refractivity contribution in [2.45, 2.75) is 38.6 Å². The molecule has 1 aliphatic heterocycles. The highest BCUT2D eigenvalue weighted by Crippen LogP contribution is 2.26. The molecule has 0 bridgehead atoms. The first kappa shape index (κ1) is 14.1. The van der Waals surface area contributed by atoms with Crippen LogP contribution in [0, 0.1) is 11.6 Å². The van der Waals surface area contributed by atoms with Crippen LogP contribution in [0.4, 0.5) is 14.5 Å². The van der Waals surface area contributed by atoms with Gasteiger partial charge in [-0.15, -0.1) is 0 Å². The molecule has 1 heterocycles. The van der Waals surface area contributed by atoms with E-state index in [0.717, 1.165) is 31.2 Å². The second-order valence-corrected chi connectivity index (χ2v) is 5.82. The summed E-state index contributed by atoms with van der Waals surface area (Å²) in [7, 11) is 0. The molecule has 110 valence electrons. The normalized spacial score (nSPS) is 17.2. The number of fused-ring (bicyclic) bond motifs is 1. The van der Waals surface area contributed by atoms with Crippen molar-refractivity contribution in [3.63, 3.8) is 0 Å². The third-order valence-electron chi connectivity index (χ3n) is 4.10. The third-order valence-corrected chi connectivity index (χ3v) is 4.10. The predicted molar refractivity (Wildman–Crippen MR) is 81.6 cm³/mol. The molecule has 2 aromatic carbocycles. The lowest BCUT2D eigenvalue weighted by Crippen LogP contribution is -2.21. The summed E-state index contributed by atoms with van der Waals surface area (Å²) in [5.74, 6) is -1.55. The largest absolute Gasteiger partial charge is 0.382 e. The van der Waals surface area contributed by atoms with Crippen LogP contribution in [0.25, 0.3) is 0 Å². The number of aryl methyl sites for hydroxylation is 3. The van der Waals surface area contributed by atoms with Gasteiger partial charge in [-0.1, -0.05) is 18.2 Å². The van der Waals surface area contributed by atoms with Crippen molar-refractivity contribution < 1.29 is 8.78 Å². The van der Waals surface area contributed by atoms with Crippen LogP contribution in [0.3, 0.4) is 0 Å². The first-order valence-corrected chi connectivity index (χ1v) is 7.44. The molecule has 0 aliphatic carbocycles. The molecule has 1 nitrogen and oxygen atoms in total. The fraction of sp³-hybridized carbons (Fsp3) is 0.333. The lowest BCUT2D eigenvalue weighted by molar-refractivity contribution is 0.507. The Morgan fingerprint density at radius 1 is 1.00 bits per heavy atom. The summed E-state index contributed by atoms with van der Waals surface area (Å²) in [5, 5.41) is 3.48. The topological polar surface area (TPSA) is 12.0 Å². The molecule has 1 aliphatic rings. The van der Waals surface area contributed by atoms with Gasteiger partial charge in [0.05, 0.1) is 0 Å². The van der Waals surface area contributed by atoms with Crippen LogP contribution in [0.1, 0.15) is 30.0 Å². The smallest absolute Gasteiger partial charge is 0.159 e.